The zero-order chi connectivity index (χ0) is 14.6. The summed E-state index contributed by atoms with van der Waals surface area (Å²) in [5.41, 5.74) is 2.78. The molecule has 1 atom stereocenters. The molecule has 0 aliphatic heterocycles. The molecule has 0 aliphatic carbocycles. The monoisotopic (exact) mass is 267 g/mol. The number of aryl methyl sites for hydroxylation is 2. The lowest BCUT2D eigenvalue weighted by Crippen LogP contribution is -2.29. The average molecular weight is 267 g/mol. The van der Waals surface area contributed by atoms with Gasteiger partial charge in [0.2, 0.25) is 5.91 Å². The van der Waals surface area contributed by atoms with E-state index in [0.29, 0.717) is 13.0 Å². The number of hydrogen-bond acceptors (Lipinski definition) is 3. The Morgan fingerprint density at radius 1 is 1.42 bits per heavy atom. The lowest BCUT2D eigenvalue weighted by molar-refractivity contribution is -0.137. The van der Waals surface area contributed by atoms with Crippen LogP contribution < -0.4 is 5.32 Å². The molecule has 6 heteroatoms. The first-order valence-corrected chi connectivity index (χ1v) is 6.34. The summed E-state index contributed by atoms with van der Waals surface area (Å²) in [6.45, 7) is 6.04. The molecule has 0 saturated carbocycles. The van der Waals surface area contributed by atoms with Crippen LogP contribution in [0, 0.1) is 13.8 Å². The second-order valence-electron chi connectivity index (χ2n) is 4.72. The molecule has 0 aliphatic rings. The van der Waals surface area contributed by atoms with Gasteiger partial charge in [-0.05, 0) is 27.2 Å². The minimum absolute atomic E-state index is 0.0691. The van der Waals surface area contributed by atoms with Gasteiger partial charge in [0.05, 0.1) is 11.6 Å². The fourth-order valence-electron chi connectivity index (χ4n) is 2.15. The van der Waals surface area contributed by atoms with Crippen molar-refractivity contribution in [3.63, 3.8) is 0 Å². The zero-order valence-electron chi connectivity index (χ0n) is 11.9. The van der Waals surface area contributed by atoms with Crippen molar-refractivity contribution in [1.82, 2.24) is 15.1 Å². The molecule has 1 aromatic rings. The first-order chi connectivity index (χ1) is 8.84. The predicted molar refractivity (Wildman–Crippen MR) is 71.0 cm³/mol. The van der Waals surface area contributed by atoms with Crippen LogP contribution in [0.1, 0.15) is 42.6 Å². The smallest absolute Gasteiger partial charge is 0.303 e. The number of hydrogen-bond donors (Lipinski definition) is 2. The Labute approximate surface area is 112 Å². The maximum absolute atomic E-state index is 12.0. The lowest BCUT2D eigenvalue weighted by atomic mass is 9.98. The van der Waals surface area contributed by atoms with E-state index in [9.17, 15) is 9.59 Å². The van der Waals surface area contributed by atoms with Crippen LogP contribution in [0.25, 0.3) is 0 Å². The topological polar surface area (TPSA) is 84.2 Å². The first-order valence-electron chi connectivity index (χ1n) is 6.34. The van der Waals surface area contributed by atoms with Crippen molar-refractivity contribution in [2.24, 2.45) is 7.05 Å². The van der Waals surface area contributed by atoms with Crippen LogP contribution in [0.3, 0.4) is 0 Å². The summed E-state index contributed by atoms with van der Waals surface area (Å²) in [6.07, 6.45) is 0.512. The number of aromatic nitrogens is 2. The third-order valence-corrected chi connectivity index (χ3v) is 3.26. The molecular weight excluding hydrogens is 246 g/mol. The highest BCUT2D eigenvalue weighted by molar-refractivity contribution is 5.83. The molecule has 19 heavy (non-hydrogen) atoms. The highest BCUT2D eigenvalue weighted by Gasteiger charge is 2.22. The Morgan fingerprint density at radius 3 is 2.53 bits per heavy atom. The summed E-state index contributed by atoms with van der Waals surface area (Å²) >= 11 is 0. The molecule has 0 spiro atoms. The molecule has 1 rings (SSSR count). The van der Waals surface area contributed by atoms with Gasteiger partial charge in [0.1, 0.15) is 0 Å². The molecule has 6 nitrogen and oxygen atoms in total. The number of nitrogens with zero attached hydrogens (tertiary/aromatic N) is 2. The van der Waals surface area contributed by atoms with Crippen LogP contribution in [0.4, 0.5) is 0 Å². The molecular formula is C13H21N3O3. The predicted octanol–water partition coefficient (Wildman–Crippen LogP) is 1.12. The molecule has 1 aromatic heterocycles. The van der Waals surface area contributed by atoms with Crippen LogP contribution >= 0.6 is 0 Å². The largest absolute Gasteiger partial charge is 0.481 e. The molecule has 1 heterocycles. The fraction of sp³-hybridized carbons (Fsp3) is 0.615. The van der Waals surface area contributed by atoms with Gasteiger partial charge >= 0.3 is 5.97 Å². The summed E-state index contributed by atoms with van der Waals surface area (Å²) in [7, 11) is 1.85. The zero-order valence-corrected chi connectivity index (χ0v) is 11.9. The molecule has 2 N–H and O–H groups in total. The van der Waals surface area contributed by atoms with Gasteiger partial charge in [0, 0.05) is 31.3 Å². The van der Waals surface area contributed by atoms with E-state index in [1.165, 1.54) is 0 Å². The van der Waals surface area contributed by atoms with Crippen LogP contribution in [0.2, 0.25) is 0 Å². The highest BCUT2D eigenvalue weighted by atomic mass is 16.4. The number of rotatable bonds is 6. The van der Waals surface area contributed by atoms with Crippen molar-refractivity contribution >= 4 is 11.9 Å². The number of amides is 1. The summed E-state index contributed by atoms with van der Waals surface area (Å²) in [4.78, 5) is 22.4. The summed E-state index contributed by atoms with van der Waals surface area (Å²) in [6, 6.07) is 0. The molecule has 0 radical (unpaired) electrons. The summed E-state index contributed by atoms with van der Waals surface area (Å²) < 4.78 is 1.76. The minimum atomic E-state index is -0.846. The summed E-state index contributed by atoms with van der Waals surface area (Å²) in [5, 5.41) is 15.6. The Balaban J connectivity index is 2.59. The van der Waals surface area contributed by atoms with E-state index in [0.717, 1.165) is 17.0 Å². The van der Waals surface area contributed by atoms with Gasteiger partial charge in [-0.3, -0.25) is 14.3 Å². The number of carboxylic acids is 1. The van der Waals surface area contributed by atoms with Gasteiger partial charge in [-0.15, -0.1) is 0 Å². The minimum Gasteiger partial charge on any atom is -0.481 e. The average Bonchev–Trinajstić information content (AvgIpc) is 2.57. The van der Waals surface area contributed by atoms with E-state index in [1.54, 1.807) is 4.68 Å². The SMILES string of the molecule is Cc1nn(C)c(C)c1C(C)C(=O)NCCCC(=O)O. The van der Waals surface area contributed by atoms with E-state index < -0.39 is 5.97 Å². The Morgan fingerprint density at radius 2 is 2.05 bits per heavy atom. The third-order valence-electron chi connectivity index (χ3n) is 3.26. The molecule has 0 aromatic carbocycles. The van der Waals surface area contributed by atoms with Gasteiger partial charge in [-0.1, -0.05) is 0 Å². The van der Waals surface area contributed by atoms with Gasteiger partial charge in [-0.2, -0.15) is 5.10 Å². The van der Waals surface area contributed by atoms with Crippen molar-refractivity contribution in [2.45, 2.75) is 39.5 Å². The van der Waals surface area contributed by atoms with E-state index in [4.69, 9.17) is 5.11 Å². The van der Waals surface area contributed by atoms with Gasteiger partial charge < -0.3 is 10.4 Å². The number of aliphatic carboxylic acids is 1. The Bertz CT molecular complexity index is 480. The first kappa shape index (κ1) is 15.2. The van der Waals surface area contributed by atoms with Crippen LogP contribution in [-0.4, -0.2) is 33.3 Å². The van der Waals surface area contributed by atoms with Gasteiger partial charge in [0.15, 0.2) is 0 Å². The number of carbonyl (C=O) groups is 2. The quantitative estimate of drug-likeness (QED) is 0.756. The molecule has 0 saturated heterocycles. The van der Waals surface area contributed by atoms with Crippen molar-refractivity contribution in [2.75, 3.05) is 6.54 Å². The maximum Gasteiger partial charge on any atom is 0.303 e. The fourth-order valence-corrected chi connectivity index (χ4v) is 2.15. The second kappa shape index (κ2) is 6.36. The third kappa shape index (κ3) is 3.81. The molecule has 0 bridgehead atoms. The number of carboxylic acid groups (broad SMARTS) is 1. The van der Waals surface area contributed by atoms with Crippen molar-refractivity contribution in [3.8, 4) is 0 Å². The van der Waals surface area contributed by atoms with Crippen molar-refractivity contribution < 1.29 is 14.7 Å². The standard InChI is InChI=1S/C13H21N3O3/c1-8(12-9(2)15-16(4)10(12)3)13(19)14-7-5-6-11(17)18/h8H,5-7H2,1-4H3,(H,14,19)(H,17,18). The molecule has 0 fully saturated rings. The van der Waals surface area contributed by atoms with E-state index >= 15 is 0 Å². The maximum atomic E-state index is 12.0. The molecule has 106 valence electrons. The van der Waals surface area contributed by atoms with Gasteiger partial charge in [0.25, 0.3) is 0 Å². The van der Waals surface area contributed by atoms with Crippen LogP contribution in [-0.2, 0) is 16.6 Å². The Kier molecular flexibility index (Phi) is 5.09. The van der Waals surface area contributed by atoms with Crippen molar-refractivity contribution in [3.05, 3.63) is 17.0 Å². The Hall–Kier alpha value is -1.85. The summed E-state index contributed by atoms with van der Waals surface area (Å²) in [5.74, 6) is -1.22. The van der Waals surface area contributed by atoms with E-state index in [-0.39, 0.29) is 18.2 Å². The normalized spacial score (nSPS) is 12.2. The van der Waals surface area contributed by atoms with Gasteiger partial charge in [-0.25, -0.2) is 0 Å². The number of carbonyl (C=O) groups excluding carboxylic acids is 1. The number of nitrogens with one attached hydrogen (secondary N) is 1. The lowest BCUT2D eigenvalue weighted by Gasteiger charge is -2.12. The highest BCUT2D eigenvalue weighted by Crippen LogP contribution is 2.22. The second-order valence-corrected chi connectivity index (χ2v) is 4.72. The van der Waals surface area contributed by atoms with Crippen LogP contribution in [0.15, 0.2) is 0 Å². The van der Waals surface area contributed by atoms with E-state index in [1.807, 2.05) is 27.8 Å². The molecule has 1 amide bonds. The van der Waals surface area contributed by atoms with Crippen LogP contribution in [0.5, 0.6) is 0 Å². The van der Waals surface area contributed by atoms with Crippen molar-refractivity contribution in [1.29, 1.82) is 0 Å². The molecule has 1 unspecified atom stereocenters. The van der Waals surface area contributed by atoms with E-state index in [2.05, 4.69) is 10.4 Å².